The number of carbonyl (C=O) groups is 3. The van der Waals surface area contributed by atoms with Gasteiger partial charge in [-0.25, -0.2) is 9.78 Å². The van der Waals surface area contributed by atoms with Gasteiger partial charge in [0, 0.05) is 26.6 Å². The van der Waals surface area contributed by atoms with Crippen molar-refractivity contribution >= 4 is 45.8 Å². The average Bonchev–Trinajstić information content (AvgIpc) is 3.34. The summed E-state index contributed by atoms with van der Waals surface area (Å²) in [5.74, 6) is -1.25. The van der Waals surface area contributed by atoms with Gasteiger partial charge >= 0.3 is 5.97 Å². The van der Waals surface area contributed by atoms with Gasteiger partial charge in [0.1, 0.15) is 0 Å². The molecule has 0 spiro atoms. The first kappa shape index (κ1) is 23.3. The lowest BCUT2D eigenvalue weighted by Crippen LogP contribution is -2.30. The Bertz CT molecular complexity index is 1420. The van der Waals surface area contributed by atoms with Gasteiger partial charge in [-0.15, -0.1) is 11.3 Å². The molecule has 1 atom stereocenters. The largest absolute Gasteiger partial charge is 0.449 e. The summed E-state index contributed by atoms with van der Waals surface area (Å²) in [6, 6.07) is 10.1. The van der Waals surface area contributed by atoms with E-state index in [0.717, 1.165) is 15.3 Å². The maximum absolute atomic E-state index is 13.1. The molecule has 3 heterocycles. The van der Waals surface area contributed by atoms with Gasteiger partial charge < -0.3 is 14.6 Å². The van der Waals surface area contributed by atoms with Crippen molar-refractivity contribution in [2.24, 2.45) is 0 Å². The van der Waals surface area contributed by atoms with Crippen molar-refractivity contribution in [2.75, 3.05) is 5.32 Å². The van der Waals surface area contributed by atoms with Crippen molar-refractivity contribution in [2.45, 2.75) is 40.7 Å². The topological polar surface area (TPSA) is 111 Å². The van der Waals surface area contributed by atoms with E-state index in [4.69, 9.17) is 9.26 Å². The molecule has 0 radical (unpaired) electrons. The molecule has 0 saturated heterocycles. The number of nitrogens with one attached hydrogen (secondary N) is 1. The number of rotatable bonds is 6. The molecule has 0 aliphatic rings. The Morgan fingerprint density at radius 3 is 2.41 bits per heavy atom. The van der Waals surface area contributed by atoms with Gasteiger partial charge in [-0.05, 0) is 71.0 Å². The molecule has 0 aliphatic heterocycles. The third-order valence-corrected chi connectivity index (χ3v) is 6.33. The highest BCUT2D eigenvalue weighted by Crippen LogP contribution is 2.33. The first-order chi connectivity index (χ1) is 16.1. The van der Waals surface area contributed by atoms with Crippen LogP contribution >= 0.6 is 11.3 Å². The lowest BCUT2D eigenvalue weighted by atomic mass is 10.1. The molecular weight excluding hydrogens is 454 g/mol. The van der Waals surface area contributed by atoms with Crippen molar-refractivity contribution in [1.82, 2.24) is 10.1 Å². The number of esters is 1. The minimum atomic E-state index is -1.07. The van der Waals surface area contributed by atoms with Crippen LogP contribution < -0.4 is 5.32 Å². The third kappa shape index (κ3) is 4.60. The molecule has 0 bridgehead atoms. The van der Waals surface area contributed by atoms with Gasteiger partial charge in [0.2, 0.25) is 0 Å². The van der Waals surface area contributed by atoms with Crippen molar-refractivity contribution in [3.63, 3.8) is 0 Å². The summed E-state index contributed by atoms with van der Waals surface area (Å²) < 4.78 is 10.8. The van der Waals surface area contributed by atoms with Crippen LogP contribution in [0.2, 0.25) is 0 Å². The molecule has 4 rings (SSSR count). The van der Waals surface area contributed by atoms with Crippen molar-refractivity contribution in [3.8, 4) is 11.3 Å². The summed E-state index contributed by atoms with van der Waals surface area (Å²) in [5, 5.41) is 7.08. The van der Waals surface area contributed by atoms with Gasteiger partial charge in [-0.1, -0.05) is 5.16 Å². The Kier molecular flexibility index (Phi) is 6.30. The summed E-state index contributed by atoms with van der Waals surface area (Å²) >= 11 is 1.63. The zero-order chi connectivity index (χ0) is 24.6. The number of Topliss-reactive ketones (excluding diaryl/α,β-unsaturated/α-hetero) is 1. The van der Waals surface area contributed by atoms with E-state index in [1.54, 1.807) is 48.6 Å². The molecule has 34 heavy (non-hydrogen) atoms. The number of hydrogen-bond donors (Lipinski definition) is 1. The normalized spacial score (nSPS) is 11.9. The van der Waals surface area contributed by atoms with E-state index in [0.29, 0.717) is 28.0 Å². The number of aromatic nitrogens is 2. The van der Waals surface area contributed by atoms with Crippen molar-refractivity contribution in [3.05, 3.63) is 63.0 Å². The van der Waals surface area contributed by atoms with Crippen LogP contribution in [0.5, 0.6) is 0 Å². The van der Waals surface area contributed by atoms with Crippen LogP contribution in [0, 0.1) is 20.8 Å². The van der Waals surface area contributed by atoms with Crippen LogP contribution in [0.25, 0.3) is 22.4 Å². The summed E-state index contributed by atoms with van der Waals surface area (Å²) in [5.41, 5.74) is 3.45. The van der Waals surface area contributed by atoms with Crippen LogP contribution in [-0.4, -0.2) is 33.9 Å². The first-order valence-electron chi connectivity index (χ1n) is 10.6. The number of nitrogens with zero attached hydrogens (tertiary/aromatic N) is 2. The fourth-order valence-corrected chi connectivity index (χ4v) is 4.52. The fourth-order valence-electron chi connectivity index (χ4n) is 3.59. The number of pyridine rings is 1. The molecule has 1 aromatic carbocycles. The number of aryl methyl sites for hydroxylation is 3. The molecule has 8 nitrogen and oxygen atoms in total. The van der Waals surface area contributed by atoms with Gasteiger partial charge in [0.05, 0.1) is 22.3 Å². The minimum Gasteiger partial charge on any atom is -0.449 e. The second kappa shape index (κ2) is 9.18. The van der Waals surface area contributed by atoms with E-state index in [9.17, 15) is 14.4 Å². The summed E-state index contributed by atoms with van der Waals surface area (Å²) in [7, 11) is 0. The zero-order valence-corrected chi connectivity index (χ0v) is 20.2. The Balaban J connectivity index is 1.58. The number of thiophene rings is 1. The summed E-state index contributed by atoms with van der Waals surface area (Å²) in [6.07, 6.45) is -1.07. The maximum Gasteiger partial charge on any atom is 0.339 e. The van der Waals surface area contributed by atoms with E-state index in [2.05, 4.69) is 15.5 Å². The highest BCUT2D eigenvalue weighted by atomic mass is 32.1. The number of anilines is 1. The fraction of sp³-hybridized carbons (Fsp3) is 0.240. The number of hydrogen-bond acceptors (Lipinski definition) is 8. The highest BCUT2D eigenvalue weighted by molar-refractivity contribution is 7.12. The quantitative estimate of drug-likeness (QED) is 0.298. The second-order valence-electron chi connectivity index (χ2n) is 8.00. The number of amides is 1. The summed E-state index contributed by atoms with van der Waals surface area (Å²) in [4.78, 5) is 43.9. The lowest BCUT2D eigenvalue weighted by Gasteiger charge is -2.14. The van der Waals surface area contributed by atoms with Crippen molar-refractivity contribution < 1.29 is 23.6 Å². The minimum absolute atomic E-state index is 0.0694. The van der Waals surface area contributed by atoms with Gasteiger partial charge in [0.15, 0.2) is 11.9 Å². The van der Waals surface area contributed by atoms with Gasteiger partial charge in [0.25, 0.3) is 11.6 Å². The molecular formula is C25H23N3O5S. The van der Waals surface area contributed by atoms with E-state index >= 15 is 0 Å². The average molecular weight is 478 g/mol. The Morgan fingerprint density at radius 1 is 1.09 bits per heavy atom. The standard InChI is InChI=1S/C25H23N3O5S/c1-12-10-19(16(5)34-12)21-11-20(22-13(2)28-33-24(22)27-21)25(31)32-15(4)23(30)26-18-8-6-17(7-9-18)14(3)29/h6-11,15H,1-5H3,(H,26,30). The molecule has 1 N–H and O–H groups in total. The highest BCUT2D eigenvalue weighted by Gasteiger charge is 2.25. The van der Waals surface area contributed by atoms with Crippen LogP contribution in [0.3, 0.4) is 0 Å². The molecule has 3 aromatic heterocycles. The van der Waals surface area contributed by atoms with Crippen molar-refractivity contribution in [1.29, 1.82) is 0 Å². The van der Waals surface area contributed by atoms with Crippen LogP contribution in [0.1, 0.15) is 50.0 Å². The van der Waals surface area contributed by atoms with E-state index in [-0.39, 0.29) is 17.1 Å². The molecule has 174 valence electrons. The van der Waals surface area contributed by atoms with E-state index < -0.39 is 18.0 Å². The summed E-state index contributed by atoms with van der Waals surface area (Å²) in [6.45, 7) is 8.65. The SMILES string of the molecule is CC(=O)c1ccc(NC(=O)C(C)OC(=O)c2cc(-c3cc(C)sc3C)nc3onc(C)c23)cc1. The number of benzene rings is 1. The molecule has 1 amide bonds. The molecule has 0 aliphatic carbocycles. The van der Waals surface area contributed by atoms with E-state index in [1.807, 2.05) is 19.9 Å². The number of fused-ring (bicyclic) bond motifs is 1. The Morgan fingerprint density at radius 2 is 1.79 bits per heavy atom. The molecule has 1 unspecified atom stereocenters. The first-order valence-corrected chi connectivity index (χ1v) is 11.4. The Hall–Kier alpha value is -3.85. The van der Waals surface area contributed by atoms with E-state index in [1.165, 1.54) is 13.8 Å². The predicted octanol–water partition coefficient (Wildman–Crippen LogP) is 5.26. The maximum atomic E-state index is 13.1. The molecule has 0 saturated carbocycles. The molecule has 0 fully saturated rings. The van der Waals surface area contributed by atoms with Crippen LogP contribution in [-0.2, 0) is 9.53 Å². The molecule has 9 heteroatoms. The molecule has 4 aromatic rings. The van der Waals surface area contributed by atoms with Crippen LogP contribution in [0.4, 0.5) is 5.69 Å². The monoisotopic (exact) mass is 477 g/mol. The smallest absolute Gasteiger partial charge is 0.339 e. The predicted molar refractivity (Wildman–Crippen MR) is 129 cm³/mol. The van der Waals surface area contributed by atoms with Crippen LogP contribution in [0.15, 0.2) is 40.9 Å². The Labute approximate surface area is 199 Å². The zero-order valence-electron chi connectivity index (χ0n) is 19.4. The second-order valence-corrected chi connectivity index (χ2v) is 9.46. The van der Waals surface area contributed by atoms with Gasteiger partial charge in [-0.2, -0.15) is 0 Å². The number of ketones is 1. The third-order valence-electron chi connectivity index (χ3n) is 5.37. The number of carbonyl (C=O) groups excluding carboxylic acids is 3. The lowest BCUT2D eigenvalue weighted by molar-refractivity contribution is -0.123. The number of ether oxygens (including phenoxy) is 1. The van der Waals surface area contributed by atoms with Gasteiger partial charge in [-0.3, -0.25) is 9.59 Å².